The van der Waals surface area contributed by atoms with E-state index in [9.17, 15) is 0 Å². The lowest BCUT2D eigenvalue weighted by Gasteiger charge is -2.32. The predicted octanol–water partition coefficient (Wildman–Crippen LogP) is 7.98. The molecule has 2 nitrogen and oxygen atoms in total. The van der Waals surface area contributed by atoms with E-state index in [0.29, 0.717) is 11.7 Å². The summed E-state index contributed by atoms with van der Waals surface area (Å²) in [6, 6.07) is 24.2. The van der Waals surface area contributed by atoms with Gasteiger partial charge in [0.25, 0.3) is 0 Å². The van der Waals surface area contributed by atoms with E-state index in [-0.39, 0.29) is 0 Å². The summed E-state index contributed by atoms with van der Waals surface area (Å²) in [5.74, 6) is 2.17. The monoisotopic (exact) mass is 449 g/mol. The van der Waals surface area contributed by atoms with Gasteiger partial charge in [0.05, 0.1) is 0 Å². The topological polar surface area (TPSA) is 12.5 Å². The molecule has 34 heavy (non-hydrogen) atoms. The summed E-state index contributed by atoms with van der Waals surface area (Å²) < 4.78 is 5.82. The molecule has 174 valence electrons. The third-order valence-electron chi connectivity index (χ3n) is 6.93. The van der Waals surface area contributed by atoms with E-state index in [1.165, 1.54) is 46.2 Å². The molecule has 0 aromatic heterocycles. The first-order valence-corrected chi connectivity index (χ1v) is 12.2. The molecule has 0 atom stereocenters. The Bertz CT molecular complexity index is 1150. The van der Waals surface area contributed by atoms with Crippen molar-refractivity contribution in [2.75, 3.05) is 13.1 Å². The van der Waals surface area contributed by atoms with Crippen LogP contribution < -0.4 is 4.74 Å². The summed E-state index contributed by atoms with van der Waals surface area (Å²) in [5, 5.41) is 0. The average molecular weight is 450 g/mol. The highest BCUT2D eigenvalue weighted by atomic mass is 16.5. The van der Waals surface area contributed by atoms with Crippen molar-refractivity contribution in [2.45, 2.75) is 39.2 Å². The van der Waals surface area contributed by atoms with E-state index >= 15 is 0 Å². The van der Waals surface area contributed by atoms with Gasteiger partial charge >= 0.3 is 0 Å². The van der Waals surface area contributed by atoms with Crippen LogP contribution in [0.5, 0.6) is 5.75 Å². The molecule has 0 unspecified atom stereocenters. The van der Waals surface area contributed by atoms with E-state index in [4.69, 9.17) is 4.74 Å². The number of nitrogens with zero attached hydrogens (tertiary/aromatic N) is 1. The van der Waals surface area contributed by atoms with Gasteiger partial charge in [0.1, 0.15) is 11.5 Å². The lowest BCUT2D eigenvalue weighted by molar-refractivity contribution is 0.204. The lowest BCUT2D eigenvalue weighted by Crippen LogP contribution is -2.32. The first kappa shape index (κ1) is 23.8. The fraction of sp³-hybridized carbons (Fsp3) is 0.250. The van der Waals surface area contributed by atoms with Crippen molar-refractivity contribution in [2.24, 2.45) is 0 Å². The number of rotatable bonds is 8. The molecule has 1 heterocycles. The van der Waals surface area contributed by atoms with Crippen molar-refractivity contribution in [1.29, 1.82) is 0 Å². The van der Waals surface area contributed by atoms with Crippen LogP contribution in [-0.4, -0.2) is 18.0 Å². The van der Waals surface area contributed by atoms with Crippen LogP contribution in [0.3, 0.4) is 0 Å². The average Bonchev–Trinajstić information content (AvgIpc) is 2.87. The molecule has 0 N–H and O–H groups in total. The molecule has 0 spiro atoms. The number of piperidine rings is 1. The molecule has 0 amide bonds. The largest absolute Gasteiger partial charge is 0.457 e. The summed E-state index contributed by atoms with van der Waals surface area (Å²) >= 11 is 0. The fourth-order valence-corrected chi connectivity index (χ4v) is 4.74. The van der Waals surface area contributed by atoms with Gasteiger partial charge < -0.3 is 4.74 Å². The highest BCUT2D eigenvalue weighted by Crippen LogP contribution is 2.32. The second kappa shape index (κ2) is 11.2. The minimum absolute atomic E-state index is 0.647. The summed E-state index contributed by atoms with van der Waals surface area (Å²) in [6.07, 6.45) is 7.62. The van der Waals surface area contributed by atoms with Crippen molar-refractivity contribution >= 4 is 0 Å². The summed E-state index contributed by atoms with van der Waals surface area (Å²) in [5.41, 5.74) is 8.17. The van der Waals surface area contributed by atoms with Gasteiger partial charge in [0.15, 0.2) is 0 Å². The minimum Gasteiger partial charge on any atom is -0.457 e. The Balaban J connectivity index is 1.31. The van der Waals surface area contributed by atoms with Gasteiger partial charge in [-0.25, -0.2) is 0 Å². The molecule has 1 aliphatic rings. The molecular weight excluding hydrogens is 414 g/mol. The van der Waals surface area contributed by atoms with Crippen LogP contribution in [0.4, 0.5) is 0 Å². The van der Waals surface area contributed by atoms with E-state index in [2.05, 4.69) is 86.5 Å². The lowest BCUT2D eigenvalue weighted by atomic mass is 9.88. The van der Waals surface area contributed by atoms with Crippen LogP contribution in [0.1, 0.15) is 41.0 Å². The van der Waals surface area contributed by atoms with E-state index in [1.54, 1.807) is 12.2 Å². The quantitative estimate of drug-likeness (QED) is 0.255. The van der Waals surface area contributed by atoms with Crippen LogP contribution in [0, 0.1) is 13.8 Å². The maximum Gasteiger partial charge on any atom is 0.127 e. The third-order valence-corrected chi connectivity index (χ3v) is 6.93. The zero-order valence-electron chi connectivity index (χ0n) is 20.5. The molecule has 1 saturated heterocycles. The molecular formula is C32H35NO. The van der Waals surface area contributed by atoms with Gasteiger partial charge in [-0.3, -0.25) is 4.90 Å². The van der Waals surface area contributed by atoms with Gasteiger partial charge in [-0.15, -0.1) is 0 Å². The molecule has 3 aromatic carbocycles. The Hall–Kier alpha value is -3.36. The van der Waals surface area contributed by atoms with Crippen molar-refractivity contribution in [3.8, 4) is 16.9 Å². The van der Waals surface area contributed by atoms with Crippen LogP contribution in [0.25, 0.3) is 11.1 Å². The van der Waals surface area contributed by atoms with E-state index < -0.39 is 0 Å². The maximum absolute atomic E-state index is 5.82. The first-order chi connectivity index (χ1) is 16.6. The van der Waals surface area contributed by atoms with E-state index in [0.717, 1.165) is 25.4 Å². The Morgan fingerprint density at radius 3 is 2.29 bits per heavy atom. The molecule has 1 aliphatic heterocycles. The van der Waals surface area contributed by atoms with Gasteiger partial charge in [-0.2, -0.15) is 0 Å². The number of hydrogen-bond acceptors (Lipinski definition) is 2. The number of ether oxygens (including phenoxy) is 1. The SMILES string of the molecule is C=C/C=C(\C=C)Oc1ccc(CN2CCC(c3ccc(-c4cccc(C)c4C)cc3)CC2)cc1. The highest BCUT2D eigenvalue weighted by Gasteiger charge is 2.21. The van der Waals surface area contributed by atoms with Crippen LogP contribution >= 0.6 is 0 Å². The second-order valence-electron chi connectivity index (χ2n) is 9.17. The number of likely N-dealkylation sites (tertiary alicyclic amines) is 1. The third kappa shape index (κ3) is 5.76. The maximum atomic E-state index is 5.82. The van der Waals surface area contributed by atoms with Crippen LogP contribution in [-0.2, 0) is 6.54 Å². The standard InChI is InChI=1S/C32H35NO/c1-5-8-30(6-2)34-31-17-11-26(12-18-31)23-33-21-19-28(20-22-33)27-13-15-29(16-14-27)32-10-7-9-24(3)25(32)4/h5-18,28H,1-2,19-23H2,3-4H3/b30-8+. The summed E-state index contributed by atoms with van der Waals surface area (Å²) in [6.45, 7) is 15.1. The molecule has 4 rings (SSSR count). The first-order valence-electron chi connectivity index (χ1n) is 12.2. The number of aryl methyl sites for hydroxylation is 1. The Morgan fingerprint density at radius 1 is 0.941 bits per heavy atom. The highest BCUT2D eigenvalue weighted by molar-refractivity contribution is 5.68. The second-order valence-corrected chi connectivity index (χ2v) is 9.17. The molecule has 0 bridgehead atoms. The Labute approximate surface area is 204 Å². The summed E-state index contributed by atoms with van der Waals surface area (Å²) in [7, 11) is 0. The summed E-state index contributed by atoms with van der Waals surface area (Å²) in [4.78, 5) is 2.56. The number of benzene rings is 3. The van der Waals surface area contributed by atoms with Gasteiger partial charge in [0.2, 0.25) is 0 Å². The van der Waals surface area contributed by atoms with Crippen molar-refractivity contribution in [1.82, 2.24) is 4.90 Å². The normalized spacial score (nSPS) is 15.2. The van der Waals surface area contributed by atoms with Crippen LogP contribution in [0.15, 0.2) is 104 Å². The zero-order chi connectivity index (χ0) is 23.9. The van der Waals surface area contributed by atoms with Gasteiger partial charge in [-0.05, 0) is 103 Å². The number of hydrogen-bond donors (Lipinski definition) is 0. The van der Waals surface area contributed by atoms with Gasteiger partial charge in [0, 0.05) is 6.54 Å². The number of allylic oxidation sites excluding steroid dienone is 3. The van der Waals surface area contributed by atoms with Gasteiger partial charge in [-0.1, -0.05) is 73.8 Å². The van der Waals surface area contributed by atoms with Crippen molar-refractivity contribution in [3.63, 3.8) is 0 Å². The zero-order valence-corrected chi connectivity index (χ0v) is 20.5. The molecule has 0 radical (unpaired) electrons. The molecule has 3 aromatic rings. The minimum atomic E-state index is 0.647. The fourth-order valence-electron chi connectivity index (χ4n) is 4.74. The molecule has 0 saturated carbocycles. The van der Waals surface area contributed by atoms with Crippen LogP contribution in [0.2, 0.25) is 0 Å². The van der Waals surface area contributed by atoms with Crippen molar-refractivity contribution in [3.05, 3.63) is 126 Å². The predicted molar refractivity (Wildman–Crippen MR) is 144 cm³/mol. The van der Waals surface area contributed by atoms with Crippen molar-refractivity contribution < 1.29 is 4.74 Å². The Kier molecular flexibility index (Phi) is 7.82. The smallest absolute Gasteiger partial charge is 0.127 e. The molecule has 0 aliphatic carbocycles. The van der Waals surface area contributed by atoms with E-state index in [1.807, 2.05) is 18.2 Å². The molecule has 2 heteroatoms. The Morgan fingerprint density at radius 2 is 1.65 bits per heavy atom. The molecule has 1 fully saturated rings.